The highest BCUT2D eigenvalue weighted by Gasteiger charge is 2.16. The number of aliphatic imine (C=N–C) groups is 1. The first kappa shape index (κ1) is 24.6. The summed E-state index contributed by atoms with van der Waals surface area (Å²) in [5, 5.41) is 15.0. The normalized spacial score (nSPS) is 15.6. The molecule has 30 heavy (non-hydrogen) atoms. The average Bonchev–Trinajstić information content (AvgIpc) is 3.20. The van der Waals surface area contributed by atoms with Crippen molar-refractivity contribution < 1.29 is 0 Å². The lowest BCUT2D eigenvalue weighted by molar-refractivity contribution is 0.185. The molecular formula is C22H36IN7. The first-order valence-electron chi connectivity index (χ1n) is 10.8. The summed E-state index contributed by atoms with van der Waals surface area (Å²) in [6.07, 6.45) is 5.29. The van der Waals surface area contributed by atoms with Crippen LogP contribution in [-0.2, 0) is 26.1 Å². The maximum absolute atomic E-state index is 4.36. The smallest absolute Gasteiger partial charge is 0.191 e. The first-order valence-corrected chi connectivity index (χ1v) is 10.8. The van der Waals surface area contributed by atoms with Crippen molar-refractivity contribution in [2.45, 2.75) is 52.7 Å². The molecule has 0 bridgehead atoms. The molecule has 1 saturated heterocycles. The van der Waals surface area contributed by atoms with E-state index in [-0.39, 0.29) is 24.0 Å². The van der Waals surface area contributed by atoms with Crippen molar-refractivity contribution in [1.82, 2.24) is 30.3 Å². The van der Waals surface area contributed by atoms with Gasteiger partial charge in [-0.3, -0.25) is 9.89 Å². The van der Waals surface area contributed by atoms with Crippen LogP contribution >= 0.6 is 24.0 Å². The third-order valence-corrected chi connectivity index (χ3v) is 5.72. The SMILES string of the molecule is CCc1nncn1CCNC(=NC)NCc1ccccc1CN1CCC(C)CC1.I. The van der Waals surface area contributed by atoms with Gasteiger partial charge in [-0.25, -0.2) is 0 Å². The Hall–Kier alpha value is -1.68. The maximum Gasteiger partial charge on any atom is 0.191 e. The molecule has 2 heterocycles. The van der Waals surface area contributed by atoms with Crippen molar-refractivity contribution in [3.05, 3.63) is 47.5 Å². The van der Waals surface area contributed by atoms with Crippen molar-refractivity contribution in [2.75, 3.05) is 26.7 Å². The van der Waals surface area contributed by atoms with Gasteiger partial charge in [0.05, 0.1) is 0 Å². The third-order valence-electron chi connectivity index (χ3n) is 5.72. The maximum atomic E-state index is 4.36. The molecule has 0 unspecified atom stereocenters. The molecule has 0 radical (unpaired) electrons. The van der Waals surface area contributed by atoms with E-state index in [0.717, 1.165) is 50.3 Å². The Balaban J connectivity index is 0.00000320. The van der Waals surface area contributed by atoms with Crippen LogP contribution in [0.3, 0.4) is 0 Å². The fraction of sp³-hybridized carbons (Fsp3) is 0.591. The molecular weight excluding hydrogens is 489 g/mol. The molecule has 1 aromatic heterocycles. The highest BCUT2D eigenvalue weighted by Crippen LogP contribution is 2.19. The summed E-state index contributed by atoms with van der Waals surface area (Å²) in [4.78, 5) is 6.94. The van der Waals surface area contributed by atoms with E-state index in [2.05, 4.69) is 73.4 Å². The minimum absolute atomic E-state index is 0. The Kier molecular flexibility index (Phi) is 10.6. The number of likely N-dealkylation sites (tertiary alicyclic amines) is 1. The van der Waals surface area contributed by atoms with E-state index in [1.54, 1.807) is 6.33 Å². The molecule has 2 aromatic rings. The van der Waals surface area contributed by atoms with Gasteiger partial charge in [-0.15, -0.1) is 34.2 Å². The van der Waals surface area contributed by atoms with Crippen LogP contribution in [-0.4, -0.2) is 52.3 Å². The van der Waals surface area contributed by atoms with Gasteiger partial charge in [0.1, 0.15) is 12.2 Å². The highest BCUT2D eigenvalue weighted by atomic mass is 127. The lowest BCUT2D eigenvalue weighted by atomic mass is 9.98. The second-order valence-electron chi connectivity index (χ2n) is 7.87. The van der Waals surface area contributed by atoms with Gasteiger partial charge in [0.2, 0.25) is 0 Å². The van der Waals surface area contributed by atoms with Crippen molar-refractivity contribution in [1.29, 1.82) is 0 Å². The fourth-order valence-corrected chi connectivity index (χ4v) is 3.78. The van der Waals surface area contributed by atoms with E-state index in [1.807, 2.05) is 7.05 Å². The first-order chi connectivity index (χ1) is 14.2. The standard InChI is InChI=1S/C22H35N7.HI/c1-4-21-27-26-17-29(21)14-11-24-22(23-3)25-15-19-7-5-6-8-20(19)16-28-12-9-18(2)10-13-28;/h5-8,17-18H,4,9-16H2,1-3H3,(H2,23,24,25);1H. The van der Waals surface area contributed by atoms with E-state index in [0.29, 0.717) is 0 Å². The zero-order valence-corrected chi connectivity index (χ0v) is 20.8. The number of rotatable bonds is 8. The second kappa shape index (κ2) is 12.9. The average molecular weight is 525 g/mol. The summed E-state index contributed by atoms with van der Waals surface area (Å²) in [6, 6.07) is 8.73. The number of hydrogen-bond acceptors (Lipinski definition) is 4. The number of benzene rings is 1. The van der Waals surface area contributed by atoms with Gasteiger partial charge in [0.15, 0.2) is 5.96 Å². The predicted molar refractivity (Wildman–Crippen MR) is 133 cm³/mol. The van der Waals surface area contributed by atoms with Crippen molar-refractivity contribution >= 4 is 29.9 Å². The van der Waals surface area contributed by atoms with Gasteiger partial charge in [0.25, 0.3) is 0 Å². The van der Waals surface area contributed by atoms with E-state index < -0.39 is 0 Å². The van der Waals surface area contributed by atoms with Gasteiger partial charge < -0.3 is 15.2 Å². The molecule has 1 aliphatic heterocycles. The summed E-state index contributed by atoms with van der Waals surface area (Å²) >= 11 is 0. The van der Waals surface area contributed by atoms with E-state index >= 15 is 0 Å². The van der Waals surface area contributed by atoms with Crippen LogP contribution in [0, 0.1) is 5.92 Å². The molecule has 0 spiro atoms. The van der Waals surface area contributed by atoms with E-state index in [9.17, 15) is 0 Å². The lowest BCUT2D eigenvalue weighted by Gasteiger charge is -2.30. The van der Waals surface area contributed by atoms with E-state index in [4.69, 9.17) is 0 Å². The Labute approximate surface area is 197 Å². The number of hydrogen-bond donors (Lipinski definition) is 2. The number of aromatic nitrogens is 3. The van der Waals surface area contributed by atoms with Crippen LogP contribution in [0.1, 0.15) is 43.6 Å². The number of piperidine rings is 1. The topological polar surface area (TPSA) is 70.4 Å². The summed E-state index contributed by atoms with van der Waals surface area (Å²) in [5.41, 5.74) is 2.74. The van der Waals surface area contributed by atoms with E-state index in [1.165, 1.54) is 37.1 Å². The van der Waals surface area contributed by atoms with Crippen LogP contribution in [0.15, 0.2) is 35.6 Å². The van der Waals surface area contributed by atoms with Gasteiger partial charge in [-0.1, -0.05) is 38.1 Å². The molecule has 1 aromatic carbocycles. The van der Waals surface area contributed by atoms with Crippen molar-refractivity contribution in [3.8, 4) is 0 Å². The summed E-state index contributed by atoms with van der Waals surface area (Å²) in [7, 11) is 1.81. The van der Waals surface area contributed by atoms with Crippen molar-refractivity contribution in [2.24, 2.45) is 10.9 Å². The van der Waals surface area contributed by atoms with Crippen LogP contribution in [0.25, 0.3) is 0 Å². The second-order valence-corrected chi connectivity index (χ2v) is 7.87. The van der Waals surface area contributed by atoms with Crippen LogP contribution in [0.4, 0.5) is 0 Å². The number of nitrogens with zero attached hydrogens (tertiary/aromatic N) is 5. The summed E-state index contributed by atoms with van der Waals surface area (Å²) < 4.78 is 2.08. The third kappa shape index (κ3) is 7.23. The van der Waals surface area contributed by atoms with Gasteiger partial charge in [-0.2, -0.15) is 0 Å². The predicted octanol–water partition coefficient (Wildman–Crippen LogP) is 3.06. The Bertz CT molecular complexity index is 781. The molecule has 7 nitrogen and oxygen atoms in total. The van der Waals surface area contributed by atoms with Crippen LogP contribution < -0.4 is 10.6 Å². The number of guanidine groups is 1. The number of halogens is 1. The number of nitrogens with one attached hydrogen (secondary N) is 2. The fourth-order valence-electron chi connectivity index (χ4n) is 3.78. The molecule has 1 fully saturated rings. The van der Waals surface area contributed by atoms with Gasteiger partial charge in [-0.05, 0) is 43.0 Å². The molecule has 3 rings (SSSR count). The largest absolute Gasteiger partial charge is 0.355 e. The highest BCUT2D eigenvalue weighted by molar-refractivity contribution is 14.0. The molecule has 0 amide bonds. The van der Waals surface area contributed by atoms with Crippen LogP contribution in [0.5, 0.6) is 0 Å². The summed E-state index contributed by atoms with van der Waals surface area (Å²) in [6.45, 7) is 10.3. The lowest BCUT2D eigenvalue weighted by Crippen LogP contribution is -2.39. The summed E-state index contributed by atoms with van der Waals surface area (Å²) in [5.74, 6) is 2.69. The zero-order chi connectivity index (χ0) is 20.5. The number of aryl methyl sites for hydroxylation is 1. The quantitative estimate of drug-likeness (QED) is 0.315. The molecule has 166 valence electrons. The van der Waals surface area contributed by atoms with Crippen LogP contribution in [0.2, 0.25) is 0 Å². The zero-order valence-electron chi connectivity index (χ0n) is 18.5. The molecule has 2 N–H and O–H groups in total. The van der Waals surface area contributed by atoms with Gasteiger partial charge >= 0.3 is 0 Å². The molecule has 8 heteroatoms. The minimum atomic E-state index is 0. The Morgan fingerprint density at radius 3 is 2.60 bits per heavy atom. The molecule has 1 aliphatic rings. The molecule has 0 saturated carbocycles. The molecule has 0 aliphatic carbocycles. The Morgan fingerprint density at radius 1 is 1.17 bits per heavy atom. The Morgan fingerprint density at radius 2 is 1.90 bits per heavy atom. The van der Waals surface area contributed by atoms with Gasteiger partial charge in [0, 0.05) is 39.6 Å². The minimum Gasteiger partial charge on any atom is -0.355 e. The van der Waals surface area contributed by atoms with Crippen molar-refractivity contribution in [3.63, 3.8) is 0 Å². The monoisotopic (exact) mass is 525 g/mol. The molecule has 0 atom stereocenters.